The lowest BCUT2D eigenvalue weighted by Crippen LogP contribution is -2.77. The number of rotatable bonds is 7. The second kappa shape index (κ2) is 12.4. The first kappa shape index (κ1) is 30.4. The highest BCUT2D eigenvalue weighted by atomic mass is 32.2. The molecule has 0 spiro atoms. The van der Waals surface area contributed by atoms with Gasteiger partial charge in [0, 0.05) is 26.2 Å². The maximum absolute atomic E-state index is 14.6. The lowest BCUT2D eigenvalue weighted by Gasteiger charge is -2.55. The molecule has 2 aromatic carbocycles. The average molecular weight is 617 g/mol. The number of thioether (sulfide) groups is 1. The Morgan fingerprint density at radius 3 is 2.23 bits per heavy atom. The summed E-state index contributed by atoms with van der Waals surface area (Å²) in [6, 6.07) is 18.4. The number of fused-ring (bicyclic) bond motifs is 1. The Morgan fingerprint density at radius 2 is 1.61 bits per heavy atom. The van der Waals surface area contributed by atoms with Crippen LogP contribution >= 0.6 is 11.8 Å². The van der Waals surface area contributed by atoms with Crippen molar-refractivity contribution >= 4 is 29.7 Å². The first-order chi connectivity index (χ1) is 21.1. The van der Waals surface area contributed by atoms with E-state index in [1.807, 2.05) is 72.1 Å². The van der Waals surface area contributed by atoms with Crippen molar-refractivity contribution in [3.05, 3.63) is 94.9 Å². The minimum Gasteiger partial charge on any atom is -0.450 e. The van der Waals surface area contributed by atoms with Crippen molar-refractivity contribution in [1.29, 1.82) is 0 Å². The smallest absolute Gasteiger partial charge is 0.408 e. The molecule has 0 saturated carbocycles. The summed E-state index contributed by atoms with van der Waals surface area (Å²) in [5, 5.41) is 8.82. The molecular formula is C34H40N4O5S. The molecule has 232 valence electrons. The van der Waals surface area contributed by atoms with Crippen LogP contribution in [0.2, 0.25) is 0 Å². The van der Waals surface area contributed by atoms with Gasteiger partial charge in [-0.15, -0.1) is 11.8 Å². The third-order valence-corrected chi connectivity index (χ3v) is 9.45. The van der Waals surface area contributed by atoms with Gasteiger partial charge in [-0.1, -0.05) is 66.2 Å². The molecule has 2 aromatic rings. The van der Waals surface area contributed by atoms with Crippen molar-refractivity contribution in [3.8, 4) is 0 Å². The normalized spacial score (nSPS) is 26.5. The van der Waals surface area contributed by atoms with Gasteiger partial charge in [-0.2, -0.15) is 0 Å². The molecule has 44 heavy (non-hydrogen) atoms. The number of hydrazine groups is 1. The molecule has 0 bridgehead atoms. The maximum atomic E-state index is 14.6. The third-order valence-electron chi connectivity index (χ3n) is 8.39. The average Bonchev–Trinajstić information content (AvgIpc) is 3.71. The second-order valence-corrected chi connectivity index (χ2v) is 13.7. The van der Waals surface area contributed by atoms with E-state index in [4.69, 9.17) is 9.47 Å². The predicted molar refractivity (Wildman–Crippen MR) is 169 cm³/mol. The Morgan fingerprint density at radius 1 is 0.977 bits per heavy atom. The number of hydrogen-bond acceptors (Lipinski definition) is 8. The largest absolute Gasteiger partial charge is 0.450 e. The van der Waals surface area contributed by atoms with E-state index >= 15 is 0 Å². The van der Waals surface area contributed by atoms with Crippen molar-refractivity contribution in [2.24, 2.45) is 0 Å². The number of nitrogens with one attached hydrogen (secondary N) is 1. The summed E-state index contributed by atoms with van der Waals surface area (Å²) in [4.78, 5) is 42.6. The molecular weight excluding hydrogens is 576 g/mol. The number of ether oxygens (including phenoxy) is 2. The van der Waals surface area contributed by atoms with Gasteiger partial charge in [-0.3, -0.25) is 4.79 Å². The molecule has 3 atom stereocenters. The Kier molecular flexibility index (Phi) is 8.59. The predicted octanol–water partition coefficient (Wildman–Crippen LogP) is 5.02. The number of β-lactam (4-membered cyclic amide) rings is 1. The molecule has 4 heterocycles. The van der Waals surface area contributed by atoms with Crippen molar-refractivity contribution in [3.63, 3.8) is 0 Å². The number of carbonyl (C=O) groups is 3. The van der Waals surface area contributed by atoms with Crippen LogP contribution in [0.1, 0.15) is 57.3 Å². The van der Waals surface area contributed by atoms with E-state index in [1.165, 1.54) is 24.6 Å². The quantitative estimate of drug-likeness (QED) is 0.264. The van der Waals surface area contributed by atoms with E-state index in [0.29, 0.717) is 6.54 Å². The van der Waals surface area contributed by atoms with E-state index in [-0.39, 0.29) is 5.91 Å². The van der Waals surface area contributed by atoms with Crippen LogP contribution in [0.25, 0.3) is 0 Å². The fraction of sp³-hybridized carbons (Fsp3) is 0.441. The van der Waals surface area contributed by atoms with Crippen molar-refractivity contribution in [1.82, 2.24) is 20.2 Å². The minimum atomic E-state index is -1.46. The van der Waals surface area contributed by atoms with Crippen LogP contribution in [-0.4, -0.2) is 81.6 Å². The van der Waals surface area contributed by atoms with E-state index in [1.54, 1.807) is 31.7 Å². The number of amides is 2. The number of carbonyl (C=O) groups excluding carboxylic acids is 3. The zero-order chi connectivity index (χ0) is 30.9. The van der Waals surface area contributed by atoms with Gasteiger partial charge in [0.15, 0.2) is 11.6 Å². The van der Waals surface area contributed by atoms with Gasteiger partial charge in [0.2, 0.25) is 0 Å². The molecule has 1 N–H and O–H groups in total. The van der Waals surface area contributed by atoms with Gasteiger partial charge in [0.25, 0.3) is 5.91 Å². The van der Waals surface area contributed by atoms with Gasteiger partial charge < -0.3 is 19.7 Å². The van der Waals surface area contributed by atoms with Gasteiger partial charge in [0.05, 0.1) is 0 Å². The molecule has 3 fully saturated rings. The molecule has 9 nitrogen and oxygen atoms in total. The molecule has 3 saturated heterocycles. The monoisotopic (exact) mass is 616 g/mol. The molecule has 10 heteroatoms. The molecule has 3 unspecified atom stereocenters. The first-order valence-corrected chi connectivity index (χ1v) is 16.3. The molecule has 0 aromatic heterocycles. The van der Waals surface area contributed by atoms with Gasteiger partial charge in [0.1, 0.15) is 17.0 Å². The van der Waals surface area contributed by atoms with Gasteiger partial charge >= 0.3 is 12.1 Å². The van der Waals surface area contributed by atoms with Crippen molar-refractivity contribution in [2.75, 3.05) is 26.2 Å². The minimum absolute atomic E-state index is 0.350. The zero-order valence-electron chi connectivity index (χ0n) is 25.5. The number of esters is 1. The molecule has 0 aliphatic carbocycles. The molecule has 2 amide bonds. The highest BCUT2D eigenvalue weighted by Crippen LogP contribution is 2.45. The Labute approximate surface area is 263 Å². The Hall–Kier alpha value is -3.60. The summed E-state index contributed by atoms with van der Waals surface area (Å²) in [7, 11) is 0. The number of nitrogens with zero attached hydrogens (tertiary/aromatic N) is 3. The summed E-state index contributed by atoms with van der Waals surface area (Å²) >= 11 is 1.39. The summed E-state index contributed by atoms with van der Waals surface area (Å²) in [6.07, 6.45) is 5.53. The summed E-state index contributed by atoms with van der Waals surface area (Å²) < 4.78 is 11.8. The van der Waals surface area contributed by atoms with E-state index < -0.39 is 40.7 Å². The highest BCUT2D eigenvalue weighted by Gasteiger charge is 2.61. The molecule has 4 aliphatic rings. The lowest BCUT2D eigenvalue weighted by atomic mass is 9.87. The first-order valence-electron chi connectivity index (χ1n) is 15.3. The van der Waals surface area contributed by atoms with Crippen LogP contribution in [0.5, 0.6) is 0 Å². The number of hydrogen-bond donors (Lipinski definition) is 1. The van der Waals surface area contributed by atoms with Crippen molar-refractivity contribution < 1.29 is 23.9 Å². The van der Waals surface area contributed by atoms with Crippen molar-refractivity contribution in [2.45, 2.75) is 68.7 Å². The molecule has 4 aliphatic heterocycles. The Balaban J connectivity index is 1.33. The van der Waals surface area contributed by atoms with Crippen LogP contribution in [0.4, 0.5) is 4.79 Å². The second-order valence-electron chi connectivity index (χ2n) is 12.7. The van der Waals surface area contributed by atoms with Crippen LogP contribution in [0, 0.1) is 0 Å². The van der Waals surface area contributed by atoms with Crippen LogP contribution < -0.4 is 5.32 Å². The zero-order valence-corrected chi connectivity index (χ0v) is 26.3. The van der Waals surface area contributed by atoms with Gasteiger partial charge in [-0.25, -0.2) is 19.6 Å². The van der Waals surface area contributed by atoms with Gasteiger partial charge in [-0.05, 0) is 68.7 Å². The highest BCUT2D eigenvalue weighted by molar-refractivity contribution is 8.02. The standard InChI is InChI=1S/C34H40N4O5S/c1-33(2,3)43-32(41)35-27-29(39)38-30(27)44-21-17-34(38,22-24-16-20-37(23-24)36-18-10-11-19-36)31(40)42-28(25-12-6-4-7-13-25)26-14-8-5-9-15-26/h4-9,12-15,17,21-22,27-28,30H,10-11,16,18-20,23H2,1-3H3,(H,35,41). The summed E-state index contributed by atoms with van der Waals surface area (Å²) in [5.74, 6) is -0.884. The third kappa shape index (κ3) is 6.16. The van der Waals surface area contributed by atoms with E-state index in [0.717, 1.165) is 42.8 Å². The van der Waals surface area contributed by atoms with Crippen LogP contribution in [0.15, 0.2) is 83.8 Å². The van der Waals surface area contributed by atoms with Crippen LogP contribution in [0.3, 0.4) is 0 Å². The molecule has 0 radical (unpaired) electrons. The molecule has 6 rings (SSSR count). The maximum Gasteiger partial charge on any atom is 0.408 e. The summed E-state index contributed by atoms with van der Waals surface area (Å²) in [6.45, 7) is 8.96. The fourth-order valence-corrected chi connectivity index (χ4v) is 7.50. The number of benzene rings is 2. The van der Waals surface area contributed by atoms with Crippen LogP contribution in [-0.2, 0) is 19.1 Å². The SMILES string of the molecule is CC(C)(C)OC(=O)NC1C(=O)N2C1SC=CC2(C=C1CCN(N2CCCC2)C1)C(=O)OC(c1ccccc1)c1ccccc1. The fourth-order valence-electron chi connectivity index (χ4n) is 6.32. The summed E-state index contributed by atoms with van der Waals surface area (Å²) in [5.41, 5.74) is 0.581. The Bertz CT molecular complexity index is 1400. The number of alkyl carbamates (subject to hydrolysis) is 1. The topological polar surface area (TPSA) is 91.4 Å². The lowest BCUT2D eigenvalue weighted by molar-refractivity contribution is -0.170. The van der Waals surface area contributed by atoms with E-state index in [2.05, 4.69) is 15.3 Å². The van der Waals surface area contributed by atoms with E-state index in [9.17, 15) is 14.4 Å².